The first kappa shape index (κ1) is 17.4. The molecule has 0 aliphatic rings. The Morgan fingerprint density at radius 2 is 2.00 bits per heavy atom. The van der Waals surface area contributed by atoms with Crippen LogP contribution in [0, 0.1) is 0 Å². The van der Waals surface area contributed by atoms with Gasteiger partial charge in [-0.25, -0.2) is 8.42 Å². The highest BCUT2D eigenvalue weighted by atomic mass is 32.2. The van der Waals surface area contributed by atoms with Crippen molar-refractivity contribution in [2.45, 2.75) is 18.8 Å². The average Bonchev–Trinajstić information content (AvgIpc) is 2.32. The first-order valence-corrected chi connectivity index (χ1v) is 7.87. The van der Waals surface area contributed by atoms with Crippen LogP contribution < -0.4 is 10.5 Å². The van der Waals surface area contributed by atoms with Crippen LogP contribution in [-0.2, 0) is 9.84 Å². The topological polar surface area (TPSA) is 86.5 Å². The maximum Gasteiger partial charge on any atom is 0.573 e. The number of sulfone groups is 1. The van der Waals surface area contributed by atoms with Crippen molar-refractivity contribution in [3.8, 4) is 5.75 Å². The number of ether oxygens (including phenoxy) is 1. The molecule has 0 heterocycles. The molecule has 1 atom stereocenters. The van der Waals surface area contributed by atoms with Crippen molar-refractivity contribution >= 4 is 15.6 Å². The zero-order chi connectivity index (χ0) is 16.3. The monoisotopic (exact) mass is 325 g/mol. The summed E-state index contributed by atoms with van der Waals surface area (Å²) in [4.78, 5) is 11.9. The number of hydrogen-bond donors (Lipinski definition) is 1. The molecule has 1 rings (SSSR count). The van der Waals surface area contributed by atoms with Gasteiger partial charge in [-0.15, -0.1) is 13.2 Å². The molecule has 0 aromatic heterocycles. The quantitative estimate of drug-likeness (QED) is 0.802. The number of carbonyl (C=O) groups excluding carboxylic acids is 1. The fourth-order valence-electron chi connectivity index (χ4n) is 1.53. The Labute approximate surface area is 119 Å². The predicted molar refractivity (Wildman–Crippen MR) is 69.8 cm³/mol. The summed E-state index contributed by atoms with van der Waals surface area (Å²) < 4.78 is 61.9. The van der Waals surface area contributed by atoms with E-state index >= 15 is 0 Å². The van der Waals surface area contributed by atoms with Gasteiger partial charge in [-0.3, -0.25) is 4.79 Å². The van der Waals surface area contributed by atoms with Gasteiger partial charge in [0.2, 0.25) is 0 Å². The molecule has 0 spiro atoms. The summed E-state index contributed by atoms with van der Waals surface area (Å²) in [5.74, 6) is -1.46. The molecular weight excluding hydrogens is 311 g/mol. The third-order valence-corrected chi connectivity index (χ3v) is 3.47. The van der Waals surface area contributed by atoms with Crippen molar-refractivity contribution in [1.82, 2.24) is 0 Å². The predicted octanol–water partition coefficient (Wildman–Crippen LogP) is 1.53. The maximum atomic E-state index is 12.1. The van der Waals surface area contributed by atoms with Crippen LogP contribution in [-0.4, -0.2) is 38.6 Å². The third-order valence-electron chi connectivity index (χ3n) is 2.49. The van der Waals surface area contributed by atoms with Crippen molar-refractivity contribution in [1.29, 1.82) is 0 Å². The number of nitrogens with two attached hydrogens (primary N) is 1. The molecule has 0 aliphatic heterocycles. The van der Waals surface area contributed by atoms with Crippen LogP contribution in [0.25, 0.3) is 0 Å². The number of rotatable bonds is 6. The SMILES string of the molecule is CS(=O)(=O)CCC(N)C(=O)c1cccc(OC(F)(F)F)c1. The first-order chi connectivity index (χ1) is 9.48. The minimum Gasteiger partial charge on any atom is -0.406 e. The van der Waals surface area contributed by atoms with Gasteiger partial charge >= 0.3 is 6.36 Å². The van der Waals surface area contributed by atoms with Crippen LogP contribution in [0.2, 0.25) is 0 Å². The Morgan fingerprint density at radius 3 is 2.52 bits per heavy atom. The van der Waals surface area contributed by atoms with Crippen molar-refractivity contribution in [3.05, 3.63) is 29.8 Å². The van der Waals surface area contributed by atoms with Gasteiger partial charge in [0.1, 0.15) is 15.6 Å². The lowest BCUT2D eigenvalue weighted by molar-refractivity contribution is -0.274. The molecule has 0 bridgehead atoms. The van der Waals surface area contributed by atoms with E-state index in [0.29, 0.717) is 0 Å². The molecule has 1 unspecified atom stereocenters. The summed E-state index contributed by atoms with van der Waals surface area (Å²) in [5, 5.41) is 0. The highest BCUT2D eigenvalue weighted by Gasteiger charge is 2.31. The fourth-order valence-corrected chi connectivity index (χ4v) is 2.21. The van der Waals surface area contributed by atoms with E-state index in [0.717, 1.165) is 18.4 Å². The lowest BCUT2D eigenvalue weighted by Gasteiger charge is -2.12. The normalized spacial score (nSPS) is 13.8. The molecule has 118 valence electrons. The van der Waals surface area contributed by atoms with Crippen molar-refractivity contribution < 1.29 is 31.1 Å². The van der Waals surface area contributed by atoms with Gasteiger partial charge in [0.25, 0.3) is 0 Å². The molecular formula is C12H14F3NO4S. The number of alkyl halides is 3. The maximum absolute atomic E-state index is 12.1. The molecule has 0 amide bonds. The Balaban J connectivity index is 2.80. The lowest BCUT2D eigenvalue weighted by Crippen LogP contribution is -2.32. The molecule has 21 heavy (non-hydrogen) atoms. The van der Waals surface area contributed by atoms with Gasteiger partial charge in [0, 0.05) is 11.8 Å². The zero-order valence-corrected chi connectivity index (χ0v) is 11.9. The summed E-state index contributed by atoms with van der Waals surface area (Å²) in [7, 11) is -3.27. The Kier molecular flexibility index (Phi) is 5.35. The molecule has 5 nitrogen and oxygen atoms in total. The van der Waals surface area contributed by atoms with Crippen molar-refractivity contribution in [3.63, 3.8) is 0 Å². The van der Waals surface area contributed by atoms with E-state index in [9.17, 15) is 26.4 Å². The number of ketones is 1. The van der Waals surface area contributed by atoms with Gasteiger partial charge in [0.15, 0.2) is 5.78 Å². The molecule has 2 N–H and O–H groups in total. The van der Waals surface area contributed by atoms with Crippen LogP contribution >= 0.6 is 0 Å². The van der Waals surface area contributed by atoms with Gasteiger partial charge in [0.05, 0.1) is 11.8 Å². The smallest absolute Gasteiger partial charge is 0.406 e. The second-order valence-electron chi connectivity index (χ2n) is 4.46. The molecule has 9 heteroatoms. The second kappa shape index (κ2) is 6.44. The van der Waals surface area contributed by atoms with E-state index in [1.165, 1.54) is 12.1 Å². The largest absolute Gasteiger partial charge is 0.573 e. The van der Waals surface area contributed by atoms with E-state index in [2.05, 4.69) is 4.74 Å². The van der Waals surface area contributed by atoms with Gasteiger partial charge in [-0.05, 0) is 18.6 Å². The minimum atomic E-state index is -4.86. The zero-order valence-electron chi connectivity index (χ0n) is 11.1. The van der Waals surface area contributed by atoms with Crippen LogP contribution in [0.5, 0.6) is 5.75 Å². The van der Waals surface area contributed by atoms with E-state index in [-0.39, 0.29) is 17.7 Å². The summed E-state index contributed by atoms with van der Waals surface area (Å²) >= 11 is 0. The minimum absolute atomic E-state index is 0.0715. The molecule has 0 saturated carbocycles. The fraction of sp³-hybridized carbons (Fsp3) is 0.417. The van der Waals surface area contributed by atoms with Crippen molar-refractivity contribution in [2.24, 2.45) is 5.73 Å². The van der Waals surface area contributed by atoms with E-state index in [1.807, 2.05) is 0 Å². The molecule has 0 fully saturated rings. The van der Waals surface area contributed by atoms with E-state index in [1.54, 1.807) is 0 Å². The molecule has 0 aliphatic carbocycles. The Morgan fingerprint density at radius 1 is 1.38 bits per heavy atom. The number of benzene rings is 1. The number of hydrogen-bond acceptors (Lipinski definition) is 5. The van der Waals surface area contributed by atoms with E-state index in [4.69, 9.17) is 5.73 Å². The second-order valence-corrected chi connectivity index (χ2v) is 6.72. The average molecular weight is 325 g/mol. The van der Waals surface area contributed by atoms with Crippen LogP contribution in [0.4, 0.5) is 13.2 Å². The number of Topliss-reactive ketones (excluding diaryl/α,β-unsaturated/α-hetero) is 1. The van der Waals surface area contributed by atoms with Gasteiger partial charge in [-0.2, -0.15) is 0 Å². The van der Waals surface area contributed by atoms with Crippen LogP contribution in [0.3, 0.4) is 0 Å². The highest BCUT2D eigenvalue weighted by Crippen LogP contribution is 2.23. The van der Waals surface area contributed by atoms with Crippen LogP contribution in [0.15, 0.2) is 24.3 Å². The highest BCUT2D eigenvalue weighted by molar-refractivity contribution is 7.90. The van der Waals surface area contributed by atoms with Gasteiger partial charge < -0.3 is 10.5 Å². The Bertz CT molecular complexity index is 613. The summed E-state index contributed by atoms with van der Waals surface area (Å²) in [6.07, 6.45) is -3.97. The molecule has 0 radical (unpaired) electrons. The standard InChI is InChI=1S/C12H14F3NO4S/c1-21(18,19)6-5-10(16)11(17)8-3-2-4-9(7-8)20-12(13,14)15/h2-4,7,10H,5-6,16H2,1H3. The number of carbonyl (C=O) groups is 1. The number of halogens is 3. The summed E-state index contributed by atoms with van der Waals surface area (Å²) in [6, 6.07) is 3.35. The molecule has 0 saturated heterocycles. The Hall–Kier alpha value is -1.61. The van der Waals surface area contributed by atoms with Crippen LogP contribution in [0.1, 0.15) is 16.8 Å². The first-order valence-electron chi connectivity index (χ1n) is 5.81. The van der Waals surface area contributed by atoms with Crippen molar-refractivity contribution in [2.75, 3.05) is 12.0 Å². The molecule has 1 aromatic rings. The lowest BCUT2D eigenvalue weighted by atomic mass is 10.0. The van der Waals surface area contributed by atoms with E-state index < -0.39 is 33.8 Å². The summed E-state index contributed by atoms with van der Waals surface area (Å²) in [6.45, 7) is 0. The summed E-state index contributed by atoms with van der Waals surface area (Å²) in [5.41, 5.74) is 5.49. The third kappa shape index (κ3) is 6.58. The van der Waals surface area contributed by atoms with Gasteiger partial charge in [-0.1, -0.05) is 12.1 Å². The molecule has 1 aromatic carbocycles.